The minimum atomic E-state index is -0.932. The van der Waals surface area contributed by atoms with E-state index in [1.165, 1.54) is 60.1 Å². The molecule has 2 aromatic heterocycles. The van der Waals surface area contributed by atoms with Crippen molar-refractivity contribution in [2.75, 3.05) is 24.6 Å². The van der Waals surface area contributed by atoms with E-state index in [1.807, 2.05) is 46.2 Å². The van der Waals surface area contributed by atoms with Gasteiger partial charge in [0.25, 0.3) is 0 Å². The van der Waals surface area contributed by atoms with Crippen molar-refractivity contribution in [1.82, 2.24) is 40.0 Å². The second-order valence-electron chi connectivity index (χ2n) is 21.6. The minimum absolute atomic E-state index is 0.182. The first-order valence-electron chi connectivity index (χ1n) is 25.7. The number of hydrogen-bond donors (Lipinski definition) is 2. The Morgan fingerprint density at radius 3 is 1.30 bits per heavy atom. The summed E-state index contributed by atoms with van der Waals surface area (Å²) in [6.07, 6.45) is 12.0. The topological polar surface area (TPSA) is 153 Å². The predicted molar refractivity (Wildman–Crippen MR) is 278 cm³/mol. The summed E-state index contributed by atoms with van der Waals surface area (Å²) in [5.74, 6) is 0.980. The van der Waals surface area contributed by atoms with Gasteiger partial charge in [0.1, 0.15) is 23.3 Å². The quantitative estimate of drug-likeness (QED) is 0.0869. The van der Waals surface area contributed by atoms with Gasteiger partial charge >= 0.3 is 12.2 Å². The lowest BCUT2D eigenvalue weighted by molar-refractivity contribution is -0.138. The summed E-state index contributed by atoms with van der Waals surface area (Å²) in [6.45, 7) is 12.8. The number of alkyl carbamates (subject to hydrolysis) is 2. The van der Waals surface area contributed by atoms with E-state index in [2.05, 4.69) is 56.4 Å². The number of fused-ring (bicyclic) bond motifs is 2. The minimum Gasteiger partial charge on any atom is -0.444 e. The number of carbonyl (C=O) groups excluding carboxylic acids is 4. The fraction of sp³-hybridized carbons (Fsp3) is 0.593. The monoisotopic (exact) mass is 995 g/mol. The molecule has 4 aliphatic rings. The van der Waals surface area contributed by atoms with E-state index in [9.17, 15) is 9.59 Å². The van der Waals surface area contributed by atoms with Crippen LogP contribution in [-0.4, -0.2) is 101 Å². The fourth-order valence-electron chi connectivity index (χ4n) is 10.7. The van der Waals surface area contributed by atoms with E-state index in [0.29, 0.717) is 38.0 Å². The molecule has 4 heterocycles. The van der Waals surface area contributed by atoms with Gasteiger partial charge in [-0.15, -0.1) is 0 Å². The van der Waals surface area contributed by atoms with E-state index >= 15 is 9.59 Å². The van der Waals surface area contributed by atoms with Crippen molar-refractivity contribution in [1.29, 1.82) is 0 Å². The van der Waals surface area contributed by atoms with Crippen molar-refractivity contribution in [2.24, 2.45) is 11.8 Å². The number of hydrogen-bond acceptors (Lipinski definition) is 10. The summed E-state index contributed by atoms with van der Waals surface area (Å²) >= 11 is 0. The zero-order chi connectivity index (χ0) is 49.4. The van der Waals surface area contributed by atoms with Gasteiger partial charge in [0.2, 0.25) is 11.8 Å². The number of rotatable bonds is 15. The third kappa shape index (κ3) is 13.5. The highest BCUT2D eigenvalue weighted by Crippen LogP contribution is 2.41. The number of ether oxygens (including phenoxy) is 2. The van der Waals surface area contributed by atoms with Crippen LogP contribution in [0.15, 0.2) is 72.8 Å². The lowest BCUT2D eigenvalue weighted by Crippen LogP contribution is -2.54. The van der Waals surface area contributed by atoms with Gasteiger partial charge in [-0.1, -0.05) is 146 Å². The van der Waals surface area contributed by atoms with Gasteiger partial charge in [-0.2, -0.15) is 10.2 Å². The van der Waals surface area contributed by atoms with Gasteiger partial charge in [-0.05, 0) is 78.4 Å². The molecule has 2 fully saturated rings. The fourth-order valence-corrected chi connectivity index (χ4v) is 13.0. The standard InChI is InChI=1S/C54H74N8O6S2/c1-53(2,3)67-51(65)55-43(49(63)59-27-29-61-47(45(59)31-37-19-11-7-12-20-37)33-41(57-61)39-23-15-9-16-24-39)35-69-70-36-44(56-52(66)68-54(4,5)6)50(64)60-28-30-62-48(46(60)32-38-21-13-8-14-22-38)34-42(58-62)40-25-17-10-18-26-40/h9-10,15-18,23-26,33-34,37-38,43-46H,7-8,11-14,19-22,27-32,35-36H2,1-6H3,(H,55,65)(H,56,66)/t43-,44-,45+,46+/m0/s1. The first-order chi connectivity index (χ1) is 33.6. The van der Waals surface area contributed by atoms with Crippen LogP contribution in [0.5, 0.6) is 0 Å². The van der Waals surface area contributed by atoms with E-state index in [4.69, 9.17) is 19.7 Å². The van der Waals surface area contributed by atoms with Crippen LogP contribution in [0, 0.1) is 11.8 Å². The maximum atomic E-state index is 15.1. The summed E-state index contributed by atoms with van der Waals surface area (Å²) in [5, 5.41) is 16.0. The summed E-state index contributed by atoms with van der Waals surface area (Å²) in [7, 11) is 2.79. The van der Waals surface area contributed by atoms with Crippen LogP contribution >= 0.6 is 21.6 Å². The lowest BCUT2D eigenvalue weighted by Gasteiger charge is -2.40. The number of aromatic nitrogens is 4. The smallest absolute Gasteiger partial charge is 0.408 e. The Labute approximate surface area is 422 Å². The molecule has 4 amide bonds. The van der Waals surface area contributed by atoms with Gasteiger partial charge in [0.05, 0.1) is 47.9 Å². The average molecular weight is 995 g/mol. The molecule has 0 saturated heterocycles. The zero-order valence-electron chi connectivity index (χ0n) is 42.1. The van der Waals surface area contributed by atoms with Gasteiger partial charge in [-0.3, -0.25) is 19.0 Å². The van der Waals surface area contributed by atoms with Gasteiger partial charge in [-0.25, -0.2) is 9.59 Å². The molecule has 2 aromatic carbocycles. The van der Waals surface area contributed by atoms with Crippen molar-refractivity contribution in [2.45, 2.75) is 167 Å². The SMILES string of the molecule is CC(C)(C)OC(=O)N[C@@H](CSSC[C@H](NC(=O)OC(C)(C)C)C(=O)N1CCn2nc(-c3ccccc3)cc2[C@H]1CC1CCCCC1)C(=O)N1CCn2nc(-c3ccccc3)cc2[C@H]1CC1CCCCC1. The highest BCUT2D eigenvalue weighted by Gasteiger charge is 2.41. The Kier molecular flexibility index (Phi) is 16.9. The number of amides is 4. The Morgan fingerprint density at radius 1 is 0.571 bits per heavy atom. The second-order valence-corrected chi connectivity index (χ2v) is 24.2. The van der Waals surface area contributed by atoms with Crippen LogP contribution in [0.25, 0.3) is 22.5 Å². The molecule has 2 aliphatic carbocycles. The molecule has 0 radical (unpaired) electrons. The summed E-state index contributed by atoms with van der Waals surface area (Å²) in [4.78, 5) is 61.2. The average Bonchev–Trinajstić information content (AvgIpc) is 3.98. The molecule has 0 bridgehead atoms. The Hall–Kier alpha value is -4.96. The Bertz CT molecular complexity index is 2220. The molecule has 8 rings (SSSR count). The second kappa shape index (κ2) is 23.1. The highest BCUT2D eigenvalue weighted by molar-refractivity contribution is 8.76. The third-order valence-corrected chi connectivity index (χ3v) is 16.4. The molecule has 2 aliphatic heterocycles. The van der Waals surface area contributed by atoms with E-state index in [0.717, 1.165) is 72.4 Å². The first kappa shape index (κ1) is 51.4. The molecule has 0 spiro atoms. The maximum Gasteiger partial charge on any atom is 0.408 e. The van der Waals surface area contributed by atoms with Gasteiger partial charge < -0.3 is 29.9 Å². The van der Waals surface area contributed by atoms with Crippen molar-refractivity contribution >= 4 is 45.6 Å². The van der Waals surface area contributed by atoms with E-state index < -0.39 is 35.5 Å². The third-order valence-electron chi connectivity index (χ3n) is 14.0. The number of benzene rings is 2. The van der Waals surface area contributed by atoms with Crippen LogP contribution in [-0.2, 0) is 32.2 Å². The lowest BCUT2D eigenvalue weighted by atomic mass is 9.83. The summed E-state index contributed by atoms with van der Waals surface area (Å²) in [5.41, 5.74) is 4.28. The maximum absolute atomic E-state index is 15.1. The van der Waals surface area contributed by atoms with Crippen molar-refractivity contribution in [3.63, 3.8) is 0 Å². The molecule has 2 N–H and O–H groups in total. The molecule has 4 atom stereocenters. The Morgan fingerprint density at radius 2 is 0.943 bits per heavy atom. The number of nitrogens with one attached hydrogen (secondary N) is 2. The highest BCUT2D eigenvalue weighted by atomic mass is 33.1. The number of nitrogens with zero attached hydrogens (tertiary/aromatic N) is 6. The van der Waals surface area contributed by atoms with Crippen molar-refractivity contribution in [3.05, 3.63) is 84.2 Å². The molecular weight excluding hydrogens is 921 g/mol. The molecular formula is C54H74N8O6S2. The van der Waals surface area contributed by atoms with E-state index in [-0.39, 0.29) is 35.4 Å². The molecule has 4 aromatic rings. The summed E-state index contributed by atoms with van der Waals surface area (Å²) in [6, 6.07) is 22.2. The number of carbonyl (C=O) groups is 4. The molecule has 16 heteroatoms. The van der Waals surface area contributed by atoms with Crippen LogP contribution in [0.1, 0.15) is 142 Å². The molecule has 14 nitrogen and oxygen atoms in total. The summed E-state index contributed by atoms with van der Waals surface area (Å²) < 4.78 is 15.6. The molecule has 378 valence electrons. The van der Waals surface area contributed by atoms with Crippen LogP contribution in [0.3, 0.4) is 0 Å². The predicted octanol–water partition coefficient (Wildman–Crippen LogP) is 11.0. The molecule has 70 heavy (non-hydrogen) atoms. The Balaban J connectivity index is 1.03. The van der Waals surface area contributed by atoms with Gasteiger partial charge in [0.15, 0.2) is 0 Å². The van der Waals surface area contributed by atoms with Crippen molar-refractivity contribution in [3.8, 4) is 22.5 Å². The van der Waals surface area contributed by atoms with Crippen molar-refractivity contribution < 1.29 is 28.7 Å². The first-order valence-corrected chi connectivity index (χ1v) is 28.2. The normalized spacial score (nSPS) is 19.9. The van der Waals surface area contributed by atoms with Gasteiger partial charge in [0, 0.05) is 35.7 Å². The van der Waals surface area contributed by atoms with Crippen LogP contribution in [0.2, 0.25) is 0 Å². The molecule has 0 unspecified atom stereocenters. The molecule has 2 saturated carbocycles. The van der Waals surface area contributed by atoms with Crippen LogP contribution in [0.4, 0.5) is 9.59 Å². The largest absolute Gasteiger partial charge is 0.444 e. The van der Waals surface area contributed by atoms with Crippen LogP contribution < -0.4 is 10.6 Å². The van der Waals surface area contributed by atoms with E-state index in [1.54, 1.807) is 41.5 Å². The zero-order valence-corrected chi connectivity index (χ0v) is 43.7.